The van der Waals surface area contributed by atoms with Crippen LogP contribution in [0, 0.1) is 0 Å². The first kappa shape index (κ1) is 23.0. The Morgan fingerprint density at radius 1 is 1.30 bits per heavy atom. The number of nitrogens with two attached hydrogens (primary N) is 1. The van der Waals surface area contributed by atoms with Crippen LogP contribution in [0.1, 0.15) is 5.56 Å². The minimum Gasteiger partial charge on any atom is -0.356 e. The van der Waals surface area contributed by atoms with Crippen molar-refractivity contribution in [3.8, 4) is 0 Å². The minimum atomic E-state index is -3.71. The number of hydrogen-bond donors (Lipinski definition) is 3. The molecule has 0 bridgehead atoms. The lowest BCUT2D eigenvalue weighted by Gasteiger charge is -2.15. The summed E-state index contributed by atoms with van der Waals surface area (Å²) in [7, 11) is -0.333. The Hall–Kier alpha value is -2.04. The van der Waals surface area contributed by atoms with E-state index >= 15 is 0 Å². The number of carbonyl (C=O) groups excluding carboxylic acids is 1. The van der Waals surface area contributed by atoms with Crippen LogP contribution >= 0.6 is 11.8 Å². The second-order valence-corrected chi connectivity index (χ2v) is 8.50. The van der Waals surface area contributed by atoms with Crippen LogP contribution in [0.25, 0.3) is 0 Å². The van der Waals surface area contributed by atoms with Gasteiger partial charge in [0.2, 0.25) is 15.9 Å². The lowest BCUT2D eigenvalue weighted by molar-refractivity contribution is -0.127. The van der Waals surface area contributed by atoms with Crippen LogP contribution < -0.4 is 15.8 Å². The summed E-state index contributed by atoms with van der Waals surface area (Å²) >= 11 is 1.74. The maximum Gasteiger partial charge on any atom is 0.241 e. The van der Waals surface area contributed by atoms with E-state index in [2.05, 4.69) is 22.2 Å². The number of likely N-dealkylation sites (N-methyl/N-ethyl adjacent to an activating group) is 1. The fourth-order valence-electron chi connectivity index (χ4n) is 1.85. The molecule has 0 radical (unpaired) electrons. The molecule has 27 heavy (non-hydrogen) atoms. The summed E-state index contributed by atoms with van der Waals surface area (Å²) in [5.74, 6) is 2.19. The summed E-state index contributed by atoms with van der Waals surface area (Å²) < 4.78 is 22.6. The highest BCUT2D eigenvalue weighted by Crippen LogP contribution is 2.09. The van der Waals surface area contributed by atoms with E-state index in [1.807, 2.05) is 6.08 Å². The van der Waals surface area contributed by atoms with Crippen molar-refractivity contribution < 1.29 is 13.2 Å². The van der Waals surface area contributed by atoms with Crippen molar-refractivity contribution in [2.75, 3.05) is 38.7 Å². The van der Waals surface area contributed by atoms with E-state index in [0.717, 1.165) is 17.1 Å². The van der Waals surface area contributed by atoms with E-state index < -0.39 is 10.0 Å². The van der Waals surface area contributed by atoms with Gasteiger partial charge >= 0.3 is 0 Å². The molecule has 1 aromatic carbocycles. The van der Waals surface area contributed by atoms with Crippen LogP contribution in [0.3, 0.4) is 0 Å². The number of sulfonamides is 1. The predicted octanol–water partition coefficient (Wildman–Crippen LogP) is 0.377. The third kappa shape index (κ3) is 9.45. The van der Waals surface area contributed by atoms with Gasteiger partial charge in [-0.05, 0) is 17.7 Å². The molecule has 8 nitrogen and oxygen atoms in total. The molecule has 10 heteroatoms. The first-order valence-corrected chi connectivity index (χ1v) is 11.0. The molecule has 150 valence electrons. The van der Waals surface area contributed by atoms with E-state index in [0.29, 0.717) is 19.0 Å². The second kappa shape index (κ2) is 11.6. The predicted molar refractivity (Wildman–Crippen MR) is 111 cm³/mol. The smallest absolute Gasteiger partial charge is 0.241 e. The molecule has 0 heterocycles. The maximum atomic E-state index is 11.8. The molecule has 0 fully saturated rings. The van der Waals surface area contributed by atoms with Gasteiger partial charge in [-0.25, -0.2) is 18.5 Å². The Kier molecular flexibility index (Phi) is 9.90. The molecule has 0 saturated carbocycles. The Labute approximate surface area is 165 Å². The van der Waals surface area contributed by atoms with Crippen molar-refractivity contribution in [1.29, 1.82) is 0 Å². The highest BCUT2D eigenvalue weighted by atomic mass is 32.2. The molecule has 0 saturated heterocycles. The third-order valence-corrected chi connectivity index (χ3v) is 5.25. The van der Waals surface area contributed by atoms with Gasteiger partial charge in [-0.15, -0.1) is 6.58 Å². The molecule has 0 aliphatic rings. The zero-order valence-electron chi connectivity index (χ0n) is 15.6. The Morgan fingerprint density at radius 3 is 2.52 bits per heavy atom. The summed E-state index contributed by atoms with van der Waals surface area (Å²) in [5, 5.41) is 11.3. The first-order chi connectivity index (χ1) is 12.7. The van der Waals surface area contributed by atoms with Gasteiger partial charge in [0, 0.05) is 32.1 Å². The number of amides is 1. The van der Waals surface area contributed by atoms with Crippen molar-refractivity contribution in [3.05, 3.63) is 42.5 Å². The summed E-state index contributed by atoms with van der Waals surface area (Å²) in [4.78, 5) is 17.8. The standard InChI is InChI=1S/C17H27N5O3S2/c1-4-10-26-11-9-19-17(21-13-16(23)22(2)3)20-12-14-5-7-15(8-6-14)27(18,24)25/h4-8H,1,9-13H2,2-3H3,(H2,18,24,25)(H2,19,20,21). The Balaban J connectivity index is 2.71. The van der Waals surface area contributed by atoms with E-state index in [-0.39, 0.29) is 17.3 Å². The van der Waals surface area contributed by atoms with Crippen LogP contribution in [-0.2, 0) is 21.4 Å². The van der Waals surface area contributed by atoms with E-state index in [1.54, 1.807) is 38.0 Å². The molecule has 0 aliphatic heterocycles. The molecule has 1 amide bonds. The molecule has 0 aromatic heterocycles. The number of carbonyl (C=O) groups is 1. The summed E-state index contributed by atoms with van der Waals surface area (Å²) in [6.45, 7) is 4.82. The molecule has 0 unspecified atom stereocenters. The number of guanidine groups is 1. The van der Waals surface area contributed by atoms with Gasteiger partial charge < -0.3 is 15.5 Å². The van der Waals surface area contributed by atoms with Gasteiger partial charge in [0.25, 0.3) is 0 Å². The van der Waals surface area contributed by atoms with Gasteiger partial charge in [0.05, 0.1) is 18.0 Å². The lowest BCUT2D eigenvalue weighted by Crippen LogP contribution is -2.43. The van der Waals surface area contributed by atoms with Crippen LogP contribution in [0.15, 0.2) is 46.8 Å². The minimum absolute atomic E-state index is 0.0579. The SMILES string of the molecule is C=CCSCCNC(=NCc1ccc(S(N)(=O)=O)cc1)NCC(=O)N(C)C. The largest absolute Gasteiger partial charge is 0.356 e. The van der Waals surface area contributed by atoms with Crippen LogP contribution in [0.5, 0.6) is 0 Å². The zero-order chi connectivity index (χ0) is 20.3. The van der Waals surface area contributed by atoms with Gasteiger partial charge in [-0.3, -0.25) is 4.79 Å². The van der Waals surface area contributed by atoms with Crippen LogP contribution in [0.2, 0.25) is 0 Å². The van der Waals surface area contributed by atoms with Gasteiger partial charge in [-0.1, -0.05) is 18.2 Å². The van der Waals surface area contributed by atoms with Gasteiger partial charge in [0.15, 0.2) is 5.96 Å². The fourth-order valence-corrected chi connectivity index (χ4v) is 2.95. The van der Waals surface area contributed by atoms with Gasteiger partial charge in [-0.2, -0.15) is 11.8 Å². The van der Waals surface area contributed by atoms with Crippen LogP contribution in [0.4, 0.5) is 0 Å². The number of nitrogens with zero attached hydrogens (tertiary/aromatic N) is 2. The Morgan fingerprint density at radius 2 is 1.96 bits per heavy atom. The number of primary sulfonamides is 1. The number of nitrogens with one attached hydrogen (secondary N) is 2. The number of aliphatic imine (C=N–C) groups is 1. The monoisotopic (exact) mass is 413 g/mol. The number of benzene rings is 1. The average molecular weight is 414 g/mol. The zero-order valence-corrected chi connectivity index (χ0v) is 17.3. The molecule has 1 aromatic rings. The topological polar surface area (TPSA) is 117 Å². The normalized spacial score (nSPS) is 11.7. The van der Waals surface area contributed by atoms with Crippen molar-refractivity contribution in [2.45, 2.75) is 11.4 Å². The van der Waals surface area contributed by atoms with Crippen LogP contribution in [-0.4, -0.2) is 63.9 Å². The third-order valence-electron chi connectivity index (χ3n) is 3.35. The Bertz CT molecular complexity index is 746. The first-order valence-electron chi connectivity index (χ1n) is 8.26. The highest BCUT2D eigenvalue weighted by Gasteiger charge is 2.08. The molecule has 1 rings (SSSR count). The summed E-state index contributed by atoms with van der Waals surface area (Å²) in [5.41, 5.74) is 0.823. The van der Waals surface area contributed by atoms with E-state index in [4.69, 9.17) is 5.14 Å². The molecule has 0 atom stereocenters. The summed E-state index contributed by atoms with van der Waals surface area (Å²) in [6, 6.07) is 6.21. The second-order valence-electron chi connectivity index (χ2n) is 5.79. The highest BCUT2D eigenvalue weighted by molar-refractivity contribution is 7.99. The number of hydrogen-bond acceptors (Lipinski definition) is 5. The van der Waals surface area contributed by atoms with Gasteiger partial charge in [0.1, 0.15) is 0 Å². The molecular weight excluding hydrogens is 386 g/mol. The molecule has 0 aliphatic carbocycles. The molecule has 0 spiro atoms. The van der Waals surface area contributed by atoms with E-state index in [1.165, 1.54) is 17.0 Å². The molecular formula is C17H27N5O3S2. The molecule has 4 N–H and O–H groups in total. The maximum absolute atomic E-state index is 11.8. The summed E-state index contributed by atoms with van der Waals surface area (Å²) in [6.07, 6.45) is 1.85. The lowest BCUT2D eigenvalue weighted by atomic mass is 10.2. The fraction of sp³-hybridized carbons (Fsp3) is 0.412. The van der Waals surface area contributed by atoms with Crippen molar-refractivity contribution >= 4 is 33.7 Å². The average Bonchev–Trinajstić information content (AvgIpc) is 2.62. The quantitative estimate of drug-likeness (QED) is 0.221. The van der Waals surface area contributed by atoms with E-state index in [9.17, 15) is 13.2 Å². The number of rotatable bonds is 10. The van der Waals surface area contributed by atoms with Crippen molar-refractivity contribution in [3.63, 3.8) is 0 Å². The van der Waals surface area contributed by atoms with Crippen molar-refractivity contribution in [2.24, 2.45) is 10.1 Å². The number of thioether (sulfide) groups is 1. The van der Waals surface area contributed by atoms with Crippen molar-refractivity contribution in [1.82, 2.24) is 15.5 Å².